The molecule has 0 aliphatic carbocycles. The highest BCUT2D eigenvalue weighted by molar-refractivity contribution is 6.37. The van der Waals surface area contributed by atoms with Gasteiger partial charge in [-0.05, 0) is 41.8 Å². The van der Waals surface area contributed by atoms with Gasteiger partial charge in [0, 0.05) is 23.6 Å². The number of nitrogens with one attached hydrogen (secondary N) is 2. The van der Waals surface area contributed by atoms with Crippen LogP contribution in [0.4, 0.5) is 0 Å². The van der Waals surface area contributed by atoms with Crippen LogP contribution in [0.1, 0.15) is 11.1 Å². The van der Waals surface area contributed by atoms with E-state index in [9.17, 15) is 10.1 Å². The lowest BCUT2D eigenvalue weighted by atomic mass is 10.1. The summed E-state index contributed by atoms with van der Waals surface area (Å²) in [5.74, 6) is -0.312. The van der Waals surface area contributed by atoms with Crippen LogP contribution < -0.4 is 10.1 Å². The van der Waals surface area contributed by atoms with Gasteiger partial charge in [0.2, 0.25) is 0 Å². The Kier molecular flexibility index (Phi) is 6.98. The third-order valence-electron chi connectivity index (χ3n) is 4.33. The van der Waals surface area contributed by atoms with Crippen molar-refractivity contribution in [1.29, 1.82) is 10.5 Å². The molecule has 2 N–H and O–H groups in total. The van der Waals surface area contributed by atoms with Crippen LogP contribution in [-0.4, -0.2) is 24.0 Å². The number of halogens is 2. The molecular formula is C22H16Cl2N4O2. The first-order chi connectivity index (χ1) is 14.5. The number of benzene rings is 2. The second-order valence-corrected chi connectivity index (χ2v) is 7.11. The van der Waals surface area contributed by atoms with Crippen LogP contribution in [0.25, 0.3) is 17.0 Å². The van der Waals surface area contributed by atoms with Crippen molar-refractivity contribution < 1.29 is 9.53 Å². The van der Waals surface area contributed by atoms with Gasteiger partial charge in [0.25, 0.3) is 5.91 Å². The number of carbonyl (C=O) groups is 1. The molecule has 30 heavy (non-hydrogen) atoms. The van der Waals surface area contributed by atoms with Crippen molar-refractivity contribution in [3.63, 3.8) is 0 Å². The molecule has 0 atom stereocenters. The van der Waals surface area contributed by atoms with E-state index in [1.54, 1.807) is 0 Å². The van der Waals surface area contributed by atoms with E-state index >= 15 is 0 Å². The molecule has 0 saturated heterocycles. The monoisotopic (exact) mass is 438 g/mol. The Morgan fingerprint density at radius 3 is 2.63 bits per heavy atom. The summed E-state index contributed by atoms with van der Waals surface area (Å²) in [7, 11) is 0. The molecule has 1 aromatic heterocycles. The first-order valence-corrected chi connectivity index (χ1v) is 9.73. The summed E-state index contributed by atoms with van der Waals surface area (Å²) in [6.45, 7) is 0.180. The van der Waals surface area contributed by atoms with E-state index in [1.165, 1.54) is 18.2 Å². The lowest BCUT2D eigenvalue weighted by Gasteiger charge is -2.08. The van der Waals surface area contributed by atoms with Gasteiger partial charge in [0.1, 0.15) is 17.7 Å². The van der Waals surface area contributed by atoms with E-state index in [-0.39, 0.29) is 28.0 Å². The molecule has 0 fully saturated rings. The van der Waals surface area contributed by atoms with Gasteiger partial charge in [-0.1, -0.05) is 41.4 Å². The van der Waals surface area contributed by atoms with Crippen molar-refractivity contribution in [2.75, 3.05) is 13.2 Å². The number of rotatable bonds is 7. The molecule has 2 aromatic carbocycles. The van der Waals surface area contributed by atoms with Gasteiger partial charge in [0.05, 0.1) is 10.0 Å². The van der Waals surface area contributed by atoms with Gasteiger partial charge in [0.15, 0.2) is 12.4 Å². The predicted molar refractivity (Wildman–Crippen MR) is 116 cm³/mol. The van der Waals surface area contributed by atoms with Gasteiger partial charge in [-0.25, -0.2) is 0 Å². The van der Waals surface area contributed by atoms with Gasteiger partial charge in [-0.15, -0.1) is 0 Å². The molecule has 0 spiro atoms. The van der Waals surface area contributed by atoms with Crippen LogP contribution in [0.3, 0.4) is 0 Å². The molecule has 8 heteroatoms. The van der Waals surface area contributed by atoms with Crippen LogP contribution in [0.2, 0.25) is 10.0 Å². The quantitative estimate of drug-likeness (QED) is 0.414. The van der Waals surface area contributed by atoms with Gasteiger partial charge in [-0.3, -0.25) is 4.79 Å². The number of H-pyrrole nitrogens is 1. The molecule has 0 unspecified atom stereocenters. The molecular weight excluding hydrogens is 423 g/mol. The zero-order valence-corrected chi connectivity index (χ0v) is 17.2. The Hall–Kier alpha value is -3.45. The van der Waals surface area contributed by atoms with Crippen LogP contribution >= 0.6 is 23.2 Å². The van der Waals surface area contributed by atoms with Crippen LogP contribution in [-0.2, 0) is 11.2 Å². The summed E-state index contributed by atoms with van der Waals surface area (Å²) in [5, 5.41) is 22.2. The molecule has 0 radical (unpaired) electrons. The standard InChI is InChI=1S/C22H16Cl2N4O2/c23-18-10-14(11-19(24)21(18)30-8-6-25)9-16(12-26)22(29)27-7-5-15-13-28-20-4-2-1-3-17(15)20/h1-4,9-11,13,28H,5,7-8H2,(H,27,29)/b16-9-. The maximum Gasteiger partial charge on any atom is 0.261 e. The number of amides is 1. The number of nitrogens with zero attached hydrogens (tertiary/aromatic N) is 2. The average Bonchev–Trinajstić information content (AvgIpc) is 3.14. The third-order valence-corrected chi connectivity index (χ3v) is 4.89. The van der Waals surface area contributed by atoms with Crippen molar-refractivity contribution in [1.82, 2.24) is 10.3 Å². The fraction of sp³-hybridized carbons (Fsp3) is 0.136. The van der Waals surface area contributed by atoms with E-state index in [0.29, 0.717) is 18.5 Å². The highest BCUT2D eigenvalue weighted by Gasteiger charge is 2.13. The summed E-state index contributed by atoms with van der Waals surface area (Å²) in [6.07, 6.45) is 3.93. The largest absolute Gasteiger partial charge is 0.476 e. The number of hydrogen-bond donors (Lipinski definition) is 2. The lowest BCUT2D eigenvalue weighted by Crippen LogP contribution is -2.26. The van der Waals surface area contributed by atoms with Crippen LogP contribution in [0.15, 0.2) is 48.2 Å². The summed E-state index contributed by atoms with van der Waals surface area (Å²) in [4.78, 5) is 15.6. The molecule has 0 saturated carbocycles. The second kappa shape index (κ2) is 9.84. The fourth-order valence-electron chi connectivity index (χ4n) is 2.96. The number of hydrogen-bond acceptors (Lipinski definition) is 4. The minimum Gasteiger partial charge on any atom is -0.476 e. The van der Waals surface area contributed by atoms with Crippen LogP contribution in [0, 0.1) is 22.7 Å². The number of ether oxygens (including phenoxy) is 1. The Morgan fingerprint density at radius 1 is 1.20 bits per heavy atom. The normalized spacial score (nSPS) is 11.0. The second-order valence-electron chi connectivity index (χ2n) is 6.30. The Balaban J connectivity index is 1.68. The highest BCUT2D eigenvalue weighted by Crippen LogP contribution is 2.34. The summed E-state index contributed by atoms with van der Waals surface area (Å²) >= 11 is 12.3. The molecule has 0 aliphatic rings. The first-order valence-electron chi connectivity index (χ1n) is 8.97. The van der Waals surface area contributed by atoms with Crippen molar-refractivity contribution in [2.24, 2.45) is 0 Å². The van der Waals surface area contributed by atoms with Crippen LogP contribution in [0.5, 0.6) is 5.75 Å². The first kappa shape index (κ1) is 21.3. The fourth-order valence-corrected chi connectivity index (χ4v) is 3.58. The Bertz CT molecular complexity index is 1180. The van der Waals surface area contributed by atoms with E-state index in [0.717, 1.165) is 16.5 Å². The average molecular weight is 439 g/mol. The molecule has 6 nitrogen and oxygen atoms in total. The minimum atomic E-state index is -0.491. The number of aromatic amines is 1. The molecule has 3 aromatic rings. The maximum absolute atomic E-state index is 12.4. The number of para-hydroxylation sites is 1. The molecule has 0 bridgehead atoms. The highest BCUT2D eigenvalue weighted by atomic mass is 35.5. The minimum absolute atomic E-state index is 0.0771. The van der Waals surface area contributed by atoms with Gasteiger partial charge >= 0.3 is 0 Å². The predicted octanol–water partition coefficient (Wildman–Crippen LogP) is 4.64. The topological polar surface area (TPSA) is 102 Å². The van der Waals surface area contributed by atoms with Crippen molar-refractivity contribution >= 4 is 46.1 Å². The van der Waals surface area contributed by atoms with Crippen molar-refractivity contribution in [3.8, 4) is 17.9 Å². The lowest BCUT2D eigenvalue weighted by molar-refractivity contribution is -0.117. The van der Waals surface area contributed by atoms with E-state index in [1.807, 2.05) is 42.6 Å². The van der Waals surface area contributed by atoms with E-state index in [2.05, 4.69) is 10.3 Å². The number of fused-ring (bicyclic) bond motifs is 1. The van der Waals surface area contributed by atoms with Crippen molar-refractivity contribution in [3.05, 3.63) is 69.3 Å². The summed E-state index contributed by atoms with van der Waals surface area (Å²) in [5.41, 5.74) is 2.51. The number of nitriles is 2. The Morgan fingerprint density at radius 2 is 1.93 bits per heavy atom. The molecule has 1 heterocycles. The van der Waals surface area contributed by atoms with Gasteiger partial charge in [-0.2, -0.15) is 10.5 Å². The van der Waals surface area contributed by atoms with E-state index < -0.39 is 5.91 Å². The Labute approximate surface area is 183 Å². The molecule has 3 rings (SSSR count). The SMILES string of the molecule is N#CCOc1c(Cl)cc(/C=C(/C#N)C(=O)NCCc2c[nH]c3ccccc23)cc1Cl. The smallest absolute Gasteiger partial charge is 0.261 e. The van der Waals surface area contributed by atoms with Gasteiger partial charge < -0.3 is 15.0 Å². The van der Waals surface area contributed by atoms with Crippen molar-refractivity contribution in [2.45, 2.75) is 6.42 Å². The van der Waals surface area contributed by atoms with E-state index in [4.69, 9.17) is 33.2 Å². The zero-order chi connectivity index (χ0) is 21.5. The molecule has 1 amide bonds. The molecule has 0 aliphatic heterocycles. The zero-order valence-electron chi connectivity index (χ0n) is 15.7. The summed E-state index contributed by atoms with van der Waals surface area (Å²) in [6, 6.07) is 14.7. The number of aromatic nitrogens is 1. The molecule has 150 valence electrons. The maximum atomic E-state index is 12.4. The summed E-state index contributed by atoms with van der Waals surface area (Å²) < 4.78 is 5.18. The third kappa shape index (κ3) is 4.93. The number of carbonyl (C=O) groups excluding carboxylic acids is 1.